The highest BCUT2D eigenvalue weighted by Gasteiger charge is 2.10. The van der Waals surface area contributed by atoms with Gasteiger partial charge in [-0.3, -0.25) is 5.41 Å². The first-order valence-corrected chi connectivity index (χ1v) is 7.10. The van der Waals surface area contributed by atoms with Gasteiger partial charge < -0.3 is 9.47 Å². The lowest BCUT2D eigenvalue weighted by Gasteiger charge is -2.06. The smallest absolute Gasteiger partial charge is 0.352 e. The number of rotatable bonds is 10. The van der Waals surface area contributed by atoms with Crippen LogP contribution >= 0.6 is 0 Å². The molecule has 1 aromatic carbocycles. The molecule has 4 heteroatoms. The summed E-state index contributed by atoms with van der Waals surface area (Å²) in [5.74, 6) is -0.539. The number of nitrogens with one attached hydrogen (secondary N) is 1. The number of esters is 1. The molecule has 0 amide bonds. The zero-order chi connectivity index (χ0) is 14.6. The quantitative estimate of drug-likeness (QED) is 0.405. The molecule has 0 aliphatic heterocycles. The third-order valence-electron chi connectivity index (χ3n) is 2.82. The van der Waals surface area contributed by atoms with Crippen LogP contribution in [0.4, 0.5) is 0 Å². The second kappa shape index (κ2) is 10.1. The van der Waals surface area contributed by atoms with Crippen LogP contribution in [0.25, 0.3) is 0 Å². The van der Waals surface area contributed by atoms with Gasteiger partial charge >= 0.3 is 5.97 Å². The summed E-state index contributed by atoms with van der Waals surface area (Å²) >= 11 is 0. The van der Waals surface area contributed by atoms with E-state index < -0.39 is 5.97 Å². The highest BCUT2D eigenvalue weighted by molar-refractivity contribution is 6.35. The third kappa shape index (κ3) is 7.04. The van der Waals surface area contributed by atoms with E-state index in [1.54, 1.807) is 0 Å². The molecule has 0 bridgehead atoms. The van der Waals surface area contributed by atoms with Crippen molar-refractivity contribution in [1.29, 1.82) is 5.41 Å². The first kappa shape index (κ1) is 16.4. The SMILES string of the molecule is CCCCOCCCC(=N)C(=O)OCc1ccccc1. The second-order valence-electron chi connectivity index (χ2n) is 4.61. The summed E-state index contributed by atoms with van der Waals surface area (Å²) in [5, 5.41) is 7.65. The maximum Gasteiger partial charge on any atom is 0.352 e. The Labute approximate surface area is 120 Å². The van der Waals surface area contributed by atoms with E-state index in [0.717, 1.165) is 25.0 Å². The Kier molecular flexibility index (Phi) is 8.31. The van der Waals surface area contributed by atoms with Crippen molar-refractivity contribution in [3.8, 4) is 0 Å². The standard InChI is InChI=1S/C16H23NO3/c1-2-3-11-19-12-7-10-15(17)16(18)20-13-14-8-5-4-6-9-14/h4-6,8-9,17H,2-3,7,10-13H2,1H3. The minimum atomic E-state index is -0.539. The average molecular weight is 277 g/mol. The molecule has 1 rings (SSSR count). The van der Waals surface area contributed by atoms with Gasteiger partial charge in [-0.15, -0.1) is 0 Å². The van der Waals surface area contributed by atoms with Crippen LogP contribution < -0.4 is 0 Å². The molecule has 4 nitrogen and oxygen atoms in total. The molecule has 20 heavy (non-hydrogen) atoms. The predicted octanol–water partition coefficient (Wildman–Crippen LogP) is 3.35. The molecule has 0 heterocycles. The molecular weight excluding hydrogens is 254 g/mol. The zero-order valence-corrected chi connectivity index (χ0v) is 12.1. The number of ether oxygens (including phenoxy) is 2. The number of unbranched alkanes of at least 4 members (excludes halogenated alkanes) is 1. The van der Waals surface area contributed by atoms with Gasteiger partial charge in [0.2, 0.25) is 0 Å². The van der Waals surface area contributed by atoms with Crippen LogP contribution in [0, 0.1) is 5.41 Å². The van der Waals surface area contributed by atoms with Gasteiger partial charge in [-0.25, -0.2) is 4.79 Å². The second-order valence-corrected chi connectivity index (χ2v) is 4.61. The molecule has 0 saturated heterocycles. The van der Waals surface area contributed by atoms with Gasteiger partial charge in [0.25, 0.3) is 0 Å². The summed E-state index contributed by atoms with van der Waals surface area (Å²) in [7, 11) is 0. The first-order chi connectivity index (χ1) is 9.74. The molecule has 0 spiro atoms. The van der Waals surface area contributed by atoms with Crippen LogP contribution in [-0.4, -0.2) is 24.9 Å². The topological polar surface area (TPSA) is 59.4 Å². The molecule has 0 unspecified atom stereocenters. The van der Waals surface area contributed by atoms with E-state index in [1.807, 2.05) is 30.3 Å². The van der Waals surface area contributed by atoms with Crippen LogP contribution in [0.1, 0.15) is 38.2 Å². The minimum Gasteiger partial charge on any atom is -0.456 e. The van der Waals surface area contributed by atoms with Crippen LogP contribution in [-0.2, 0) is 20.9 Å². The van der Waals surface area contributed by atoms with Crippen molar-refractivity contribution in [2.24, 2.45) is 0 Å². The Balaban J connectivity index is 2.12. The number of carbonyl (C=O) groups excluding carboxylic acids is 1. The van der Waals surface area contributed by atoms with E-state index in [-0.39, 0.29) is 12.3 Å². The van der Waals surface area contributed by atoms with E-state index in [9.17, 15) is 4.79 Å². The van der Waals surface area contributed by atoms with Crippen molar-refractivity contribution >= 4 is 11.7 Å². The minimum absolute atomic E-state index is 0.0139. The van der Waals surface area contributed by atoms with Crippen LogP contribution in [0.3, 0.4) is 0 Å². The fraction of sp³-hybridized carbons (Fsp3) is 0.500. The molecule has 0 aliphatic carbocycles. The van der Waals surface area contributed by atoms with E-state index in [0.29, 0.717) is 19.4 Å². The lowest BCUT2D eigenvalue weighted by Crippen LogP contribution is -2.17. The first-order valence-electron chi connectivity index (χ1n) is 7.10. The van der Waals surface area contributed by atoms with Crippen LogP contribution in [0.2, 0.25) is 0 Å². The maximum atomic E-state index is 11.6. The zero-order valence-electron chi connectivity index (χ0n) is 12.1. The Morgan fingerprint density at radius 2 is 1.85 bits per heavy atom. The molecule has 1 aromatic rings. The van der Waals surface area contributed by atoms with Crippen LogP contribution in [0.5, 0.6) is 0 Å². The fourth-order valence-electron chi connectivity index (χ4n) is 1.61. The summed E-state index contributed by atoms with van der Waals surface area (Å²) < 4.78 is 10.5. The van der Waals surface area contributed by atoms with Gasteiger partial charge in [0.15, 0.2) is 0 Å². The molecule has 0 radical (unpaired) electrons. The van der Waals surface area contributed by atoms with Gasteiger partial charge in [0.1, 0.15) is 12.3 Å². The molecule has 0 atom stereocenters. The molecule has 0 aromatic heterocycles. The monoisotopic (exact) mass is 277 g/mol. The van der Waals surface area contributed by atoms with E-state index in [1.165, 1.54) is 0 Å². The largest absolute Gasteiger partial charge is 0.456 e. The van der Waals surface area contributed by atoms with E-state index in [4.69, 9.17) is 14.9 Å². The molecule has 1 N–H and O–H groups in total. The molecule has 0 saturated carbocycles. The van der Waals surface area contributed by atoms with Crippen molar-refractivity contribution in [2.45, 2.75) is 39.2 Å². The number of benzene rings is 1. The average Bonchev–Trinajstić information content (AvgIpc) is 2.49. The summed E-state index contributed by atoms with van der Waals surface area (Å²) in [6.07, 6.45) is 3.25. The molecular formula is C16H23NO3. The van der Waals surface area contributed by atoms with Gasteiger partial charge in [0.05, 0.1) is 0 Å². The van der Waals surface area contributed by atoms with Gasteiger partial charge in [-0.2, -0.15) is 0 Å². The van der Waals surface area contributed by atoms with Gasteiger partial charge in [-0.05, 0) is 24.8 Å². The Morgan fingerprint density at radius 1 is 1.15 bits per heavy atom. The lowest BCUT2D eigenvalue weighted by atomic mass is 10.2. The number of carbonyl (C=O) groups is 1. The summed E-state index contributed by atoms with van der Waals surface area (Å²) in [6.45, 7) is 3.67. The van der Waals surface area contributed by atoms with Crippen molar-refractivity contribution in [3.05, 3.63) is 35.9 Å². The number of hydrogen-bond donors (Lipinski definition) is 1. The Morgan fingerprint density at radius 3 is 2.55 bits per heavy atom. The Hall–Kier alpha value is -1.68. The normalized spacial score (nSPS) is 10.2. The Bertz CT molecular complexity index is 403. The molecule has 0 aliphatic rings. The van der Waals surface area contributed by atoms with Gasteiger partial charge in [0, 0.05) is 13.2 Å². The maximum absolute atomic E-state index is 11.6. The van der Waals surface area contributed by atoms with Crippen LogP contribution in [0.15, 0.2) is 30.3 Å². The summed E-state index contributed by atoms with van der Waals surface area (Å²) in [4.78, 5) is 11.6. The van der Waals surface area contributed by atoms with Crippen molar-refractivity contribution < 1.29 is 14.3 Å². The van der Waals surface area contributed by atoms with E-state index in [2.05, 4.69) is 6.92 Å². The fourth-order valence-corrected chi connectivity index (χ4v) is 1.61. The number of hydrogen-bond acceptors (Lipinski definition) is 4. The molecule has 110 valence electrons. The van der Waals surface area contributed by atoms with Crippen molar-refractivity contribution in [2.75, 3.05) is 13.2 Å². The van der Waals surface area contributed by atoms with E-state index >= 15 is 0 Å². The highest BCUT2D eigenvalue weighted by Crippen LogP contribution is 2.02. The summed E-state index contributed by atoms with van der Waals surface area (Å²) in [6, 6.07) is 9.47. The third-order valence-corrected chi connectivity index (χ3v) is 2.82. The van der Waals surface area contributed by atoms with Crippen molar-refractivity contribution in [3.63, 3.8) is 0 Å². The highest BCUT2D eigenvalue weighted by atomic mass is 16.5. The summed E-state index contributed by atoms with van der Waals surface area (Å²) in [5.41, 5.74) is 0.941. The predicted molar refractivity (Wildman–Crippen MR) is 78.9 cm³/mol. The van der Waals surface area contributed by atoms with Gasteiger partial charge in [-0.1, -0.05) is 43.7 Å². The lowest BCUT2D eigenvalue weighted by molar-refractivity contribution is -0.137. The molecule has 0 fully saturated rings. The van der Waals surface area contributed by atoms with Crippen molar-refractivity contribution in [1.82, 2.24) is 0 Å².